The van der Waals surface area contributed by atoms with Crippen LogP contribution in [-0.2, 0) is 11.3 Å². The van der Waals surface area contributed by atoms with Gasteiger partial charge in [0.1, 0.15) is 0 Å². The van der Waals surface area contributed by atoms with Crippen molar-refractivity contribution in [2.75, 3.05) is 26.7 Å². The van der Waals surface area contributed by atoms with E-state index in [4.69, 9.17) is 0 Å². The number of hydrogen-bond acceptors (Lipinski definition) is 4. The third kappa shape index (κ3) is 2.88. The normalized spacial score (nSPS) is 15.3. The summed E-state index contributed by atoms with van der Waals surface area (Å²) in [5.41, 5.74) is 1.25. The molecule has 0 spiro atoms. The predicted molar refractivity (Wildman–Crippen MR) is 70.5 cm³/mol. The zero-order chi connectivity index (χ0) is 13.1. The standard InChI is InChI=1S/C12H17N3O2S/c1-9-3-6-18-10(9)7-14(2)8-11(16)15-5-4-13-12(15)17/h3,6H,4-5,7-8H2,1-2H3,(H,13,17). The molecule has 0 aromatic carbocycles. The van der Waals surface area contributed by atoms with Crippen molar-refractivity contribution in [2.45, 2.75) is 13.5 Å². The van der Waals surface area contributed by atoms with Crippen molar-refractivity contribution < 1.29 is 9.59 Å². The Morgan fingerprint density at radius 3 is 2.94 bits per heavy atom. The molecule has 1 N–H and O–H groups in total. The van der Waals surface area contributed by atoms with Gasteiger partial charge in [0.2, 0.25) is 5.91 Å². The molecule has 1 saturated heterocycles. The third-order valence-electron chi connectivity index (χ3n) is 2.94. The number of imide groups is 1. The van der Waals surface area contributed by atoms with Crippen molar-refractivity contribution in [1.29, 1.82) is 0 Å². The van der Waals surface area contributed by atoms with Crippen LogP contribution in [0.4, 0.5) is 4.79 Å². The molecular weight excluding hydrogens is 250 g/mol. The molecule has 5 nitrogen and oxygen atoms in total. The van der Waals surface area contributed by atoms with E-state index in [0.29, 0.717) is 13.1 Å². The van der Waals surface area contributed by atoms with Crippen LogP contribution in [0.5, 0.6) is 0 Å². The largest absolute Gasteiger partial charge is 0.336 e. The lowest BCUT2D eigenvalue weighted by Crippen LogP contribution is -2.40. The fraction of sp³-hybridized carbons (Fsp3) is 0.500. The molecule has 98 valence electrons. The summed E-state index contributed by atoms with van der Waals surface area (Å²) >= 11 is 1.69. The van der Waals surface area contributed by atoms with Gasteiger partial charge in [-0.25, -0.2) is 4.79 Å². The highest BCUT2D eigenvalue weighted by atomic mass is 32.1. The minimum Gasteiger partial charge on any atom is -0.336 e. The van der Waals surface area contributed by atoms with E-state index in [2.05, 4.69) is 18.3 Å². The van der Waals surface area contributed by atoms with E-state index in [0.717, 1.165) is 6.54 Å². The highest BCUT2D eigenvalue weighted by molar-refractivity contribution is 7.10. The lowest BCUT2D eigenvalue weighted by molar-refractivity contribution is -0.128. The monoisotopic (exact) mass is 267 g/mol. The van der Waals surface area contributed by atoms with Crippen molar-refractivity contribution >= 4 is 23.3 Å². The molecule has 1 aliphatic rings. The molecular formula is C12H17N3O2S. The fourth-order valence-corrected chi connectivity index (χ4v) is 2.88. The minimum atomic E-state index is -0.277. The molecule has 1 aliphatic heterocycles. The van der Waals surface area contributed by atoms with Gasteiger partial charge in [0.05, 0.1) is 6.54 Å². The Bertz CT molecular complexity index is 458. The van der Waals surface area contributed by atoms with Crippen LogP contribution in [-0.4, -0.2) is 48.4 Å². The second kappa shape index (κ2) is 5.49. The van der Waals surface area contributed by atoms with Crippen LogP contribution in [0.25, 0.3) is 0 Å². The average Bonchev–Trinajstić information content (AvgIpc) is 2.88. The van der Waals surface area contributed by atoms with Crippen LogP contribution in [0.1, 0.15) is 10.4 Å². The van der Waals surface area contributed by atoms with Crippen molar-refractivity contribution in [2.24, 2.45) is 0 Å². The SMILES string of the molecule is Cc1ccsc1CN(C)CC(=O)N1CCNC1=O. The van der Waals surface area contributed by atoms with Gasteiger partial charge in [-0.05, 0) is 31.0 Å². The van der Waals surface area contributed by atoms with Gasteiger partial charge >= 0.3 is 6.03 Å². The minimum absolute atomic E-state index is 0.137. The number of amides is 3. The fourth-order valence-electron chi connectivity index (χ4n) is 1.89. The molecule has 3 amide bonds. The van der Waals surface area contributed by atoms with Crippen molar-refractivity contribution in [3.05, 3.63) is 21.9 Å². The molecule has 0 bridgehead atoms. The number of rotatable bonds is 4. The Hall–Kier alpha value is -1.40. The molecule has 6 heteroatoms. The van der Waals surface area contributed by atoms with Crippen LogP contribution >= 0.6 is 11.3 Å². The molecule has 1 fully saturated rings. The van der Waals surface area contributed by atoms with Crippen LogP contribution < -0.4 is 5.32 Å². The maximum absolute atomic E-state index is 11.9. The molecule has 2 heterocycles. The summed E-state index contributed by atoms with van der Waals surface area (Å²) < 4.78 is 0. The summed E-state index contributed by atoms with van der Waals surface area (Å²) in [7, 11) is 1.89. The van der Waals surface area contributed by atoms with Crippen molar-refractivity contribution in [3.8, 4) is 0 Å². The summed E-state index contributed by atoms with van der Waals surface area (Å²) in [6, 6.07) is 1.80. The molecule has 18 heavy (non-hydrogen) atoms. The number of nitrogens with one attached hydrogen (secondary N) is 1. The summed E-state index contributed by atoms with van der Waals surface area (Å²) in [5, 5.41) is 4.68. The number of thiophene rings is 1. The van der Waals surface area contributed by atoms with Crippen LogP contribution in [0.2, 0.25) is 0 Å². The van der Waals surface area contributed by atoms with E-state index in [9.17, 15) is 9.59 Å². The second-order valence-electron chi connectivity index (χ2n) is 4.48. The number of carbonyl (C=O) groups is 2. The van der Waals surface area contributed by atoms with Crippen LogP contribution in [0.3, 0.4) is 0 Å². The van der Waals surface area contributed by atoms with E-state index >= 15 is 0 Å². The first-order valence-electron chi connectivity index (χ1n) is 5.87. The number of urea groups is 1. The topological polar surface area (TPSA) is 52.7 Å². The van der Waals surface area contributed by atoms with Gasteiger partial charge < -0.3 is 5.32 Å². The molecule has 0 saturated carbocycles. The summed E-state index contributed by atoms with van der Waals surface area (Å²) in [6.45, 7) is 4.10. The van der Waals surface area contributed by atoms with E-state index in [1.165, 1.54) is 15.3 Å². The van der Waals surface area contributed by atoms with Crippen LogP contribution in [0.15, 0.2) is 11.4 Å². The first-order valence-corrected chi connectivity index (χ1v) is 6.75. The number of carbonyl (C=O) groups excluding carboxylic acids is 2. The zero-order valence-electron chi connectivity index (χ0n) is 10.6. The van der Waals surface area contributed by atoms with Crippen molar-refractivity contribution in [3.63, 3.8) is 0 Å². The third-order valence-corrected chi connectivity index (χ3v) is 3.95. The number of aryl methyl sites for hydroxylation is 1. The molecule has 1 aromatic heterocycles. The Balaban J connectivity index is 1.87. The summed E-state index contributed by atoms with van der Waals surface area (Å²) in [6.07, 6.45) is 0. The average molecular weight is 267 g/mol. The zero-order valence-corrected chi connectivity index (χ0v) is 11.4. The first kappa shape index (κ1) is 13.0. The predicted octanol–water partition coefficient (Wildman–Crippen LogP) is 1.04. The lowest BCUT2D eigenvalue weighted by atomic mass is 10.3. The summed E-state index contributed by atoms with van der Waals surface area (Å²) in [5.74, 6) is -0.137. The number of likely N-dealkylation sites (N-methyl/N-ethyl adjacent to an activating group) is 1. The van der Waals surface area contributed by atoms with Crippen molar-refractivity contribution in [1.82, 2.24) is 15.1 Å². The lowest BCUT2D eigenvalue weighted by Gasteiger charge is -2.19. The van der Waals surface area contributed by atoms with E-state index in [1.807, 2.05) is 17.3 Å². The van der Waals surface area contributed by atoms with E-state index < -0.39 is 0 Å². The van der Waals surface area contributed by atoms with Gasteiger partial charge in [0.25, 0.3) is 0 Å². The highest BCUT2D eigenvalue weighted by Gasteiger charge is 2.26. The maximum Gasteiger partial charge on any atom is 0.324 e. The second-order valence-corrected chi connectivity index (χ2v) is 5.48. The van der Waals surface area contributed by atoms with Gasteiger partial charge in [-0.15, -0.1) is 11.3 Å². The quantitative estimate of drug-likeness (QED) is 0.887. The molecule has 0 radical (unpaired) electrons. The maximum atomic E-state index is 11.9. The van der Waals surface area contributed by atoms with Gasteiger partial charge in [0.15, 0.2) is 0 Å². The van der Waals surface area contributed by atoms with E-state index in [1.54, 1.807) is 11.3 Å². The van der Waals surface area contributed by atoms with Gasteiger partial charge in [-0.2, -0.15) is 0 Å². The van der Waals surface area contributed by atoms with Gasteiger partial charge in [-0.3, -0.25) is 14.6 Å². The van der Waals surface area contributed by atoms with Gasteiger partial charge in [-0.1, -0.05) is 0 Å². The van der Waals surface area contributed by atoms with Crippen LogP contribution in [0, 0.1) is 6.92 Å². The van der Waals surface area contributed by atoms with Gasteiger partial charge in [0, 0.05) is 24.5 Å². The summed E-state index contributed by atoms with van der Waals surface area (Å²) in [4.78, 5) is 27.7. The molecule has 0 aliphatic carbocycles. The number of hydrogen-bond donors (Lipinski definition) is 1. The van der Waals surface area contributed by atoms with E-state index in [-0.39, 0.29) is 18.5 Å². The smallest absolute Gasteiger partial charge is 0.324 e. The highest BCUT2D eigenvalue weighted by Crippen LogP contribution is 2.17. The molecule has 2 rings (SSSR count). The Kier molecular flexibility index (Phi) is 3.98. The number of nitrogens with zero attached hydrogens (tertiary/aromatic N) is 2. The first-order chi connectivity index (χ1) is 8.58. The Labute approximate surface area is 110 Å². The Morgan fingerprint density at radius 2 is 2.39 bits per heavy atom. The Morgan fingerprint density at radius 1 is 1.61 bits per heavy atom. The molecule has 0 atom stereocenters. The molecule has 1 aromatic rings. The molecule has 0 unspecified atom stereocenters.